The lowest BCUT2D eigenvalue weighted by molar-refractivity contribution is -0.343. The second-order valence-electron chi connectivity index (χ2n) is 16.4. The molecule has 0 spiro atoms. The normalized spacial score (nSPS) is 37.2. The Kier molecular flexibility index (Phi) is 10.9. The van der Waals surface area contributed by atoms with Crippen LogP contribution in [-0.4, -0.2) is 116 Å². The van der Waals surface area contributed by atoms with Crippen molar-refractivity contribution in [3.05, 3.63) is 59.7 Å². The monoisotopic (exact) mass is 755 g/mol. The summed E-state index contributed by atoms with van der Waals surface area (Å²) in [6.45, 7) is 9.19. The van der Waals surface area contributed by atoms with E-state index < -0.39 is 101 Å². The average Bonchev–Trinajstić information content (AvgIpc) is 3.15. The van der Waals surface area contributed by atoms with Crippen molar-refractivity contribution in [2.24, 2.45) is 22.7 Å². The predicted octanol–water partition coefficient (Wildman–Crippen LogP) is 2.28. The van der Waals surface area contributed by atoms with Gasteiger partial charge in [-0.3, -0.25) is 4.79 Å². The summed E-state index contributed by atoms with van der Waals surface area (Å²) in [5, 5.41) is 63.3. The Hall–Kier alpha value is -3.66. The molecule has 6 N–H and O–H groups in total. The van der Waals surface area contributed by atoms with Crippen LogP contribution in [0.2, 0.25) is 0 Å². The molecule has 4 aliphatic carbocycles. The van der Waals surface area contributed by atoms with E-state index >= 15 is 0 Å². The van der Waals surface area contributed by atoms with Crippen LogP contribution >= 0.6 is 0 Å². The number of carbonyl (C=O) groups is 4. The molecule has 296 valence electrons. The number of alkyl carbamates (subject to hydrolysis) is 1. The molecule has 0 aromatic heterocycles. The zero-order chi connectivity index (χ0) is 39.4. The Balaban J connectivity index is 1.43. The van der Waals surface area contributed by atoms with Gasteiger partial charge in [-0.15, -0.1) is 0 Å². The second-order valence-corrected chi connectivity index (χ2v) is 16.4. The summed E-state index contributed by atoms with van der Waals surface area (Å²) < 4.78 is 22.9. The van der Waals surface area contributed by atoms with Crippen LogP contribution in [0.15, 0.2) is 54.1 Å². The molecular formula is C40H53NO13. The van der Waals surface area contributed by atoms with Crippen LogP contribution in [0.4, 0.5) is 4.79 Å². The minimum atomic E-state index is -2.28. The maximum absolute atomic E-state index is 14.7. The van der Waals surface area contributed by atoms with Crippen molar-refractivity contribution < 1.29 is 63.7 Å². The van der Waals surface area contributed by atoms with Crippen molar-refractivity contribution >= 4 is 23.8 Å². The first-order valence-electron chi connectivity index (χ1n) is 18.8. The Bertz CT molecular complexity index is 1670. The van der Waals surface area contributed by atoms with Gasteiger partial charge < -0.3 is 49.8 Å². The van der Waals surface area contributed by atoms with Gasteiger partial charge in [-0.2, -0.15) is 0 Å². The zero-order valence-electron chi connectivity index (χ0n) is 31.2. The number of hydrogen-bond acceptors (Lipinski definition) is 13. The Morgan fingerprint density at radius 1 is 1.06 bits per heavy atom. The molecule has 4 fully saturated rings. The molecule has 1 aliphatic heterocycles. The number of ketones is 1. The highest BCUT2D eigenvalue weighted by Gasteiger charge is 2.76. The fourth-order valence-electron chi connectivity index (χ4n) is 9.99. The highest BCUT2D eigenvalue weighted by molar-refractivity contribution is 5.94. The van der Waals surface area contributed by atoms with Gasteiger partial charge in [-0.1, -0.05) is 64.0 Å². The number of rotatable bonds is 9. The van der Waals surface area contributed by atoms with Crippen molar-refractivity contribution in [1.29, 1.82) is 0 Å². The van der Waals surface area contributed by atoms with Crippen LogP contribution in [-0.2, 0) is 28.5 Å². The van der Waals surface area contributed by atoms with Gasteiger partial charge in [-0.05, 0) is 55.9 Å². The van der Waals surface area contributed by atoms with E-state index in [2.05, 4.69) is 11.9 Å². The molecule has 11 atom stereocenters. The number of fused-ring (bicyclic) bond motifs is 5. The number of amides is 1. The number of nitrogens with one attached hydrogen (secondary N) is 1. The number of ether oxygens (including phenoxy) is 4. The first-order chi connectivity index (χ1) is 25.4. The molecule has 1 aromatic rings. The van der Waals surface area contributed by atoms with Gasteiger partial charge in [0.2, 0.25) is 0 Å². The van der Waals surface area contributed by atoms with Crippen LogP contribution in [0.3, 0.4) is 0 Å². The van der Waals surface area contributed by atoms with E-state index in [4.69, 9.17) is 18.9 Å². The number of aliphatic hydroxyl groups is 5. The van der Waals surface area contributed by atoms with Crippen LogP contribution in [0, 0.1) is 22.7 Å². The van der Waals surface area contributed by atoms with E-state index in [0.29, 0.717) is 12.8 Å². The summed E-state index contributed by atoms with van der Waals surface area (Å²) in [5.41, 5.74) is -7.38. The molecule has 1 aromatic carbocycles. The van der Waals surface area contributed by atoms with E-state index in [9.17, 15) is 44.7 Å². The fraction of sp³-hybridized carbons (Fsp3) is 0.650. The van der Waals surface area contributed by atoms with Gasteiger partial charge in [0, 0.05) is 24.2 Å². The fourth-order valence-corrected chi connectivity index (χ4v) is 9.99. The smallest absolute Gasteiger partial charge is 0.407 e. The molecule has 1 heterocycles. The molecule has 2 bridgehead atoms. The van der Waals surface area contributed by atoms with E-state index in [0.717, 1.165) is 19.3 Å². The van der Waals surface area contributed by atoms with E-state index in [1.807, 2.05) is 0 Å². The third-order valence-corrected chi connectivity index (χ3v) is 13.2. The molecule has 6 rings (SSSR count). The zero-order valence-corrected chi connectivity index (χ0v) is 31.2. The van der Waals surface area contributed by atoms with Crippen LogP contribution in [0.5, 0.6) is 0 Å². The SMILES string of the molecule is C=CCOC(=O)N[C@@H](C1CCCCC1)[C@@H](O)C(=O)OC1C[C@@]2(O)[C@@H](OC(=O)c3ccccc3)[C@@H]3[C@]4(O)CO[C@@H]4C[C@H](O)[C@@]3(C)C(=O)[C@H](O)C(=C1C)C2(C)C. The lowest BCUT2D eigenvalue weighted by Crippen LogP contribution is -2.81. The summed E-state index contributed by atoms with van der Waals surface area (Å²) >= 11 is 0. The van der Waals surface area contributed by atoms with Crippen LogP contribution in [0.1, 0.15) is 83.0 Å². The highest BCUT2D eigenvalue weighted by atomic mass is 16.6. The largest absolute Gasteiger partial charge is 0.456 e. The van der Waals surface area contributed by atoms with Gasteiger partial charge in [-0.25, -0.2) is 14.4 Å². The van der Waals surface area contributed by atoms with Gasteiger partial charge in [0.1, 0.15) is 36.1 Å². The minimum absolute atomic E-state index is 0.0184. The standard InChI is InChI=1S/C40H53NO13/c1-6-17-51-36(48)41-28(22-13-9-7-10-14-22)30(44)35(47)53-24-19-40(50)33(54-34(46)23-15-11-8-12-16-23)31-38(5,25(42)18-26-39(31,49)20-52-26)32(45)29(43)27(21(24)2)37(40,3)4/h6,8,11-12,15-16,22,24-26,28-31,33,42-44,49-50H,1,7,9-10,13-14,17-20H2,2-5H3,(H,41,48)/t24?,25-,26+,28-,29+,30+,31-,33-,38+,39-,40+/m0/s1. The van der Waals surface area contributed by atoms with Crippen molar-refractivity contribution in [3.63, 3.8) is 0 Å². The first kappa shape index (κ1) is 40.0. The summed E-state index contributed by atoms with van der Waals surface area (Å²) in [6, 6.07) is 6.85. The molecule has 1 unspecified atom stereocenters. The summed E-state index contributed by atoms with van der Waals surface area (Å²) in [7, 11) is 0. The van der Waals surface area contributed by atoms with Crippen LogP contribution < -0.4 is 5.32 Å². The van der Waals surface area contributed by atoms with Crippen molar-refractivity contribution in [2.75, 3.05) is 13.2 Å². The molecular weight excluding hydrogens is 702 g/mol. The Morgan fingerprint density at radius 3 is 2.33 bits per heavy atom. The van der Waals surface area contributed by atoms with Crippen molar-refractivity contribution in [1.82, 2.24) is 5.32 Å². The molecule has 1 saturated heterocycles. The molecule has 1 amide bonds. The molecule has 3 saturated carbocycles. The van der Waals surface area contributed by atoms with E-state index in [1.54, 1.807) is 32.0 Å². The number of Topliss-reactive ketones (excluding diaryl/α,β-unsaturated/α-hetero) is 1. The molecule has 14 heteroatoms. The predicted molar refractivity (Wildman–Crippen MR) is 191 cm³/mol. The van der Waals surface area contributed by atoms with Gasteiger partial charge in [0.05, 0.1) is 35.8 Å². The van der Waals surface area contributed by atoms with E-state index in [-0.39, 0.29) is 42.3 Å². The molecule has 0 radical (unpaired) electrons. The summed E-state index contributed by atoms with van der Waals surface area (Å²) in [5.74, 6) is -4.69. The number of esters is 2. The molecule has 5 aliphatic rings. The number of aliphatic hydroxyl groups excluding tert-OH is 3. The molecule has 54 heavy (non-hydrogen) atoms. The second kappa shape index (κ2) is 14.8. The lowest BCUT2D eigenvalue weighted by Gasteiger charge is -2.66. The maximum atomic E-state index is 14.7. The van der Waals surface area contributed by atoms with Crippen LogP contribution in [0.25, 0.3) is 0 Å². The Morgan fingerprint density at radius 2 is 1.72 bits per heavy atom. The van der Waals surface area contributed by atoms with Crippen molar-refractivity contribution in [2.45, 2.75) is 127 Å². The molecule has 14 nitrogen and oxygen atoms in total. The van der Waals surface area contributed by atoms with Crippen molar-refractivity contribution in [3.8, 4) is 0 Å². The maximum Gasteiger partial charge on any atom is 0.407 e. The van der Waals surface area contributed by atoms with Gasteiger partial charge >= 0.3 is 18.0 Å². The lowest BCUT2D eigenvalue weighted by atomic mass is 9.44. The summed E-state index contributed by atoms with van der Waals surface area (Å²) in [6.07, 6.45) is -5.65. The topological polar surface area (TPSA) is 218 Å². The van der Waals surface area contributed by atoms with Gasteiger partial charge in [0.15, 0.2) is 11.9 Å². The third-order valence-electron chi connectivity index (χ3n) is 13.2. The average molecular weight is 756 g/mol. The first-order valence-corrected chi connectivity index (χ1v) is 18.8. The minimum Gasteiger partial charge on any atom is -0.456 e. The quantitative estimate of drug-likeness (QED) is 0.121. The van der Waals surface area contributed by atoms with E-state index in [1.165, 1.54) is 32.1 Å². The third kappa shape index (κ3) is 6.38. The highest BCUT2D eigenvalue weighted by Crippen LogP contribution is 2.63. The number of benzene rings is 1. The number of hydrogen-bond donors (Lipinski definition) is 6. The number of carbonyl (C=O) groups excluding carboxylic acids is 4. The van der Waals surface area contributed by atoms with Gasteiger partial charge in [0.25, 0.3) is 0 Å². The Labute approximate surface area is 314 Å². The summed E-state index contributed by atoms with van der Waals surface area (Å²) in [4.78, 5) is 55.2.